The van der Waals surface area contributed by atoms with Crippen molar-refractivity contribution in [1.29, 1.82) is 0 Å². The van der Waals surface area contributed by atoms with Gasteiger partial charge in [0.2, 0.25) is 5.96 Å². The molecule has 0 radical (unpaired) electrons. The van der Waals surface area contributed by atoms with Gasteiger partial charge in [-0.3, -0.25) is 0 Å². The Hall–Kier alpha value is -1.89. The molecule has 86 valence electrons. The van der Waals surface area contributed by atoms with E-state index in [-0.39, 0.29) is 16.7 Å². The zero-order chi connectivity index (χ0) is 12.3. The fourth-order valence-corrected chi connectivity index (χ4v) is 1.10. The minimum Gasteiger partial charge on any atom is -0.370 e. The predicted molar refractivity (Wildman–Crippen MR) is 58.5 cm³/mol. The third kappa shape index (κ3) is 3.06. The summed E-state index contributed by atoms with van der Waals surface area (Å²) in [7, 11) is 0. The summed E-state index contributed by atoms with van der Waals surface area (Å²) < 4.78 is 26.1. The molecule has 1 rings (SSSR count). The van der Waals surface area contributed by atoms with E-state index in [4.69, 9.17) is 28.8 Å². The molecule has 0 aliphatic heterocycles. The topological polar surface area (TPSA) is 103 Å². The molecule has 0 heterocycles. The molecule has 5 nitrogen and oxygen atoms in total. The number of nitrogens with zero attached hydrogens (tertiary/aromatic N) is 2. The molecule has 0 aliphatic rings. The molecular weight excluding hydrogens is 240 g/mol. The third-order valence-corrected chi connectivity index (χ3v) is 1.67. The van der Waals surface area contributed by atoms with Gasteiger partial charge in [-0.05, 0) is 12.1 Å². The molecule has 1 aromatic carbocycles. The fraction of sp³-hybridized carbons (Fsp3) is 0. The number of guanidine groups is 2. The maximum atomic E-state index is 13.2. The number of aliphatic imine (C=N–C) groups is 2. The summed E-state index contributed by atoms with van der Waals surface area (Å²) in [4.78, 5) is 6.81. The summed E-state index contributed by atoms with van der Waals surface area (Å²) in [5.74, 6) is -3.06. The van der Waals surface area contributed by atoms with Gasteiger partial charge in [0.05, 0.1) is 0 Å². The van der Waals surface area contributed by atoms with E-state index in [0.717, 1.165) is 12.1 Å². The predicted octanol–water partition coefficient (Wildman–Crippen LogP) is 0.838. The van der Waals surface area contributed by atoms with Gasteiger partial charge >= 0.3 is 0 Å². The molecule has 6 N–H and O–H groups in total. The first kappa shape index (κ1) is 12.2. The Balaban J connectivity index is 3.20. The number of hydrogen-bond acceptors (Lipinski definition) is 1. The van der Waals surface area contributed by atoms with Crippen LogP contribution in [0.5, 0.6) is 0 Å². The van der Waals surface area contributed by atoms with Crippen LogP contribution in [0.2, 0.25) is 5.02 Å². The zero-order valence-corrected chi connectivity index (χ0v) is 8.67. The first-order chi connectivity index (χ1) is 7.40. The van der Waals surface area contributed by atoms with Crippen molar-refractivity contribution in [3.8, 4) is 0 Å². The molecule has 1 aromatic rings. The minimum absolute atomic E-state index is 0.0184. The lowest BCUT2D eigenvalue weighted by Crippen LogP contribution is -2.26. The molecule has 0 unspecified atom stereocenters. The maximum Gasteiger partial charge on any atom is 0.223 e. The van der Waals surface area contributed by atoms with Crippen LogP contribution in [-0.4, -0.2) is 11.9 Å². The zero-order valence-electron chi connectivity index (χ0n) is 7.92. The molecule has 0 saturated carbocycles. The summed E-state index contributed by atoms with van der Waals surface area (Å²) >= 11 is 5.51. The molecule has 0 aliphatic carbocycles. The summed E-state index contributed by atoms with van der Waals surface area (Å²) in [6.45, 7) is 0. The van der Waals surface area contributed by atoms with Gasteiger partial charge in [-0.15, -0.1) is 0 Å². The van der Waals surface area contributed by atoms with Crippen LogP contribution in [-0.2, 0) is 0 Å². The molecule has 0 fully saturated rings. The van der Waals surface area contributed by atoms with Crippen molar-refractivity contribution in [2.75, 3.05) is 0 Å². The van der Waals surface area contributed by atoms with E-state index in [1.54, 1.807) is 0 Å². The van der Waals surface area contributed by atoms with Gasteiger partial charge in [-0.1, -0.05) is 11.6 Å². The van der Waals surface area contributed by atoms with Crippen molar-refractivity contribution in [2.24, 2.45) is 27.2 Å². The highest BCUT2D eigenvalue weighted by Crippen LogP contribution is 2.25. The smallest absolute Gasteiger partial charge is 0.223 e. The Morgan fingerprint density at radius 2 is 1.81 bits per heavy atom. The monoisotopic (exact) mass is 247 g/mol. The van der Waals surface area contributed by atoms with E-state index in [1.807, 2.05) is 0 Å². The van der Waals surface area contributed by atoms with Crippen molar-refractivity contribution in [3.05, 3.63) is 28.8 Å². The summed E-state index contributed by atoms with van der Waals surface area (Å²) in [5.41, 5.74) is 14.9. The molecule has 16 heavy (non-hydrogen) atoms. The largest absolute Gasteiger partial charge is 0.370 e. The van der Waals surface area contributed by atoms with Crippen LogP contribution in [0.3, 0.4) is 0 Å². The van der Waals surface area contributed by atoms with Crippen molar-refractivity contribution in [3.63, 3.8) is 0 Å². The number of nitrogens with two attached hydrogens (primary N) is 3. The minimum atomic E-state index is -1.18. The average molecular weight is 248 g/mol. The first-order valence-electron chi connectivity index (χ1n) is 3.98. The summed E-state index contributed by atoms with van der Waals surface area (Å²) in [6, 6.07) is 1.90. The van der Waals surface area contributed by atoms with Crippen LogP contribution in [0.25, 0.3) is 0 Å². The van der Waals surface area contributed by atoms with Gasteiger partial charge < -0.3 is 17.2 Å². The Labute approximate surface area is 94.6 Å². The van der Waals surface area contributed by atoms with Crippen LogP contribution in [0.1, 0.15) is 0 Å². The lowest BCUT2D eigenvalue weighted by atomic mass is 10.3. The van der Waals surface area contributed by atoms with E-state index in [2.05, 4.69) is 9.98 Å². The van der Waals surface area contributed by atoms with E-state index in [0.29, 0.717) is 0 Å². The van der Waals surface area contributed by atoms with Gasteiger partial charge in [-0.2, -0.15) is 4.99 Å². The van der Waals surface area contributed by atoms with Gasteiger partial charge in [0.15, 0.2) is 17.6 Å². The molecule has 0 aromatic heterocycles. The number of rotatable bonds is 1. The molecule has 0 amide bonds. The summed E-state index contributed by atoms with van der Waals surface area (Å²) in [5, 5.41) is -0.0184. The standard InChI is InChI=1S/C8H8ClF2N5/c9-3-1-4(10)6(11)5(2-3)15-8(14)16-7(12)13/h1-2H,(H6,12,13,14,15,16). The molecule has 0 saturated heterocycles. The van der Waals surface area contributed by atoms with E-state index >= 15 is 0 Å². The lowest BCUT2D eigenvalue weighted by molar-refractivity contribution is 0.510. The third-order valence-electron chi connectivity index (χ3n) is 1.45. The Bertz CT molecular complexity index is 468. The molecule has 0 atom stereocenters. The Morgan fingerprint density at radius 3 is 2.38 bits per heavy atom. The molecule has 0 bridgehead atoms. The van der Waals surface area contributed by atoms with Gasteiger partial charge in [0.25, 0.3) is 0 Å². The second kappa shape index (κ2) is 4.75. The highest BCUT2D eigenvalue weighted by atomic mass is 35.5. The van der Waals surface area contributed by atoms with Gasteiger partial charge in [0.1, 0.15) is 5.69 Å². The van der Waals surface area contributed by atoms with Gasteiger partial charge in [0, 0.05) is 5.02 Å². The van der Waals surface area contributed by atoms with Crippen LogP contribution in [0.15, 0.2) is 22.1 Å². The fourth-order valence-electron chi connectivity index (χ4n) is 0.904. The van der Waals surface area contributed by atoms with Crippen molar-refractivity contribution < 1.29 is 8.78 Å². The Kier molecular flexibility index (Phi) is 3.62. The van der Waals surface area contributed by atoms with Crippen LogP contribution >= 0.6 is 11.6 Å². The first-order valence-corrected chi connectivity index (χ1v) is 4.36. The van der Waals surface area contributed by atoms with Crippen LogP contribution in [0.4, 0.5) is 14.5 Å². The summed E-state index contributed by atoms with van der Waals surface area (Å²) in [6.07, 6.45) is 0. The highest BCUT2D eigenvalue weighted by Gasteiger charge is 2.09. The van der Waals surface area contributed by atoms with E-state index < -0.39 is 17.6 Å². The molecule has 0 spiro atoms. The average Bonchev–Trinajstić information content (AvgIpc) is 2.11. The SMILES string of the molecule is NC(N)=NC(N)=Nc1cc(Cl)cc(F)c1F. The van der Waals surface area contributed by atoms with E-state index in [1.165, 1.54) is 0 Å². The number of hydrogen-bond donors (Lipinski definition) is 3. The number of halogens is 3. The number of benzene rings is 1. The second-order valence-electron chi connectivity index (χ2n) is 2.73. The van der Waals surface area contributed by atoms with Gasteiger partial charge in [-0.25, -0.2) is 13.8 Å². The van der Waals surface area contributed by atoms with Crippen LogP contribution < -0.4 is 17.2 Å². The van der Waals surface area contributed by atoms with Crippen molar-refractivity contribution in [2.45, 2.75) is 0 Å². The van der Waals surface area contributed by atoms with Crippen LogP contribution in [0, 0.1) is 11.6 Å². The maximum absolute atomic E-state index is 13.2. The molecule has 8 heteroatoms. The quantitative estimate of drug-likeness (QED) is 0.389. The van der Waals surface area contributed by atoms with E-state index in [9.17, 15) is 8.78 Å². The highest BCUT2D eigenvalue weighted by molar-refractivity contribution is 6.30. The second-order valence-corrected chi connectivity index (χ2v) is 3.16. The van der Waals surface area contributed by atoms with Crippen molar-refractivity contribution in [1.82, 2.24) is 0 Å². The van der Waals surface area contributed by atoms with Crippen molar-refractivity contribution >= 4 is 29.2 Å². The Morgan fingerprint density at radius 1 is 1.19 bits per heavy atom. The normalized spacial score (nSPS) is 11.3. The lowest BCUT2D eigenvalue weighted by Gasteiger charge is -2.00. The molecular formula is C8H8ClF2N5.